The fourth-order valence-corrected chi connectivity index (χ4v) is 3.31. The third-order valence-electron chi connectivity index (χ3n) is 5.08. The number of carbonyl (C=O) groups is 1. The van der Waals surface area contributed by atoms with Gasteiger partial charge in [0.2, 0.25) is 0 Å². The molecular formula is C23H21N5O3. The standard InChI is InChI=1S/C23H21N5O3/c1-14(2)16-4-8-19(9-5-16)27-25-20-10-7-18(13-21(20)26-27)24-23(29)17-6-11-22(28(30)31)15(3)12-17/h4-14H,1-3H3,(H,24,29). The molecule has 0 fully saturated rings. The van der Waals surface area contributed by atoms with E-state index < -0.39 is 4.92 Å². The third-order valence-corrected chi connectivity index (χ3v) is 5.08. The number of benzene rings is 3. The lowest BCUT2D eigenvalue weighted by atomic mass is 10.0. The smallest absolute Gasteiger partial charge is 0.272 e. The lowest BCUT2D eigenvalue weighted by Crippen LogP contribution is -2.12. The van der Waals surface area contributed by atoms with Crippen molar-refractivity contribution in [3.8, 4) is 5.69 Å². The van der Waals surface area contributed by atoms with Crippen LogP contribution >= 0.6 is 0 Å². The van der Waals surface area contributed by atoms with Gasteiger partial charge in [0, 0.05) is 22.9 Å². The highest BCUT2D eigenvalue weighted by atomic mass is 16.6. The van der Waals surface area contributed by atoms with E-state index in [1.807, 2.05) is 12.1 Å². The Kier molecular flexibility index (Phi) is 5.21. The first-order valence-electron chi connectivity index (χ1n) is 9.85. The van der Waals surface area contributed by atoms with Crippen LogP contribution in [0.1, 0.15) is 41.3 Å². The van der Waals surface area contributed by atoms with Crippen molar-refractivity contribution >= 4 is 28.3 Å². The number of nitro benzene ring substituents is 1. The van der Waals surface area contributed by atoms with Crippen LogP contribution < -0.4 is 5.32 Å². The maximum absolute atomic E-state index is 12.6. The first-order valence-corrected chi connectivity index (χ1v) is 9.85. The number of amides is 1. The van der Waals surface area contributed by atoms with E-state index in [-0.39, 0.29) is 11.6 Å². The molecule has 1 heterocycles. The van der Waals surface area contributed by atoms with Gasteiger partial charge in [0.25, 0.3) is 11.6 Å². The van der Waals surface area contributed by atoms with Crippen molar-refractivity contribution in [3.05, 3.63) is 87.5 Å². The molecule has 1 aromatic heterocycles. The number of fused-ring (bicyclic) bond motifs is 1. The molecular weight excluding hydrogens is 394 g/mol. The van der Waals surface area contributed by atoms with E-state index in [1.54, 1.807) is 29.9 Å². The fourth-order valence-electron chi connectivity index (χ4n) is 3.31. The van der Waals surface area contributed by atoms with Gasteiger partial charge in [0.1, 0.15) is 11.0 Å². The normalized spacial score (nSPS) is 11.1. The first kappa shape index (κ1) is 20.2. The second-order valence-electron chi connectivity index (χ2n) is 7.65. The van der Waals surface area contributed by atoms with Crippen molar-refractivity contribution in [2.75, 3.05) is 5.32 Å². The molecule has 4 rings (SSSR count). The van der Waals surface area contributed by atoms with Crippen LogP contribution in [0.25, 0.3) is 16.7 Å². The summed E-state index contributed by atoms with van der Waals surface area (Å²) in [6.07, 6.45) is 0. The molecule has 0 aliphatic carbocycles. The first-order chi connectivity index (χ1) is 14.8. The summed E-state index contributed by atoms with van der Waals surface area (Å²) in [5.41, 5.74) is 4.77. The largest absolute Gasteiger partial charge is 0.322 e. The van der Waals surface area contributed by atoms with E-state index in [1.165, 1.54) is 23.8 Å². The van der Waals surface area contributed by atoms with E-state index in [0.29, 0.717) is 33.8 Å². The molecule has 8 nitrogen and oxygen atoms in total. The molecule has 0 aliphatic heterocycles. The van der Waals surface area contributed by atoms with Crippen LogP contribution in [0.2, 0.25) is 0 Å². The Morgan fingerprint density at radius 3 is 2.35 bits per heavy atom. The number of hydrogen-bond donors (Lipinski definition) is 1. The average molecular weight is 415 g/mol. The molecule has 156 valence electrons. The maximum Gasteiger partial charge on any atom is 0.272 e. The molecule has 8 heteroatoms. The fraction of sp³-hybridized carbons (Fsp3) is 0.174. The predicted octanol–water partition coefficient (Wildman–Crippen LogP) is 5.01. The van der Waals surface area contributed by atoms with Crippen molar-refractivity contribution in [1.82, 2.24) is 15.0 Å². The van der Waals surface area contributed by atoms with Crippen molar-refractivity contribution < 1.29 is 9.72 Å². The van der Waals surface area contributed by atoms with E-state index >= 15 is 0 Å². The van der Waals surface area contributed by atoms with Crippen LogP contribution in [-0.4, -0.2) is 25.8 Å². The van der Waals surface area contributed by atoms with Gasteiger partial charge in [-0.2, -0.15) is 4.80 Å². The number of aromatic nitrogens is 3. The number of rotatable bonds is 5. The Balaban J connectivity index is 1.56. The van der Waals surface area contributed by atoms with Gasteiger partial charge >= 0.3 is 0 Å². The molecule has 0 bridgehead atoms. The highest BCUT2D eigenvalue weighted by Crippen LogP contribution is 2.22. The zero-order valence-electron chi connectivity index (χ0n) is 17.4. The van der Waals surface area contributed by atoms with Crippen LogP contribution in [0.15, 0.2) is 60.7 Å². The number of carbonyl (C=O) groups excluding carboxylic acids is 1. The summed E-state index contributed by atoms with van der Waals surface area (Å²) in [5.74, 6) is 0.0958. The van der Waals surface area contributed by atoms with E-state index in [0.717, 1.165) is 5.69 Å². The zero-order chi connectivity index (χ0) is 22.1. The number of aryl methyl sites for hydroxylation is 1. The molecule has 0 atom stereocenters. The van der Waals surface area contributed by atoms with Crippen LogP contribution in [0.5, 0.6) is 0 Å². The number of nitro groups is 1. The molecule has 1 amide bonds. The molecule has 0 aliphatic rings. The van der Waals surface area contributed by atoms with Gasteiger partial charge in [-0.15, -0.1) is 10.2 Å². The van der Waals surface area contributed by atoms with Crippen molar-refractivity contribution in [1.29, 1.82) is 0 Å². The average Bonchev–Trinajstić information content (AvgIpc) is 3.17. The summed E-state index contributed by atoms with van der Waals surface area (Å²) in [7, 11) is 0. The Hall–Kier alpha value is -4.07. The van der Waals surface area contributed by atoms with Gasteiger partial charge < -0.3 is 5.32 Å². The molecule has 0 saturated carbocycles. The van der Waals surface area contributed by atoms with Crippen molar-refractivity contribution in [3.63, 3.8) is 0 Å². The van der Waals surface area contributed by atoms with Gasteiger partial charge in [-0.05, 0) is 60.9 Å². The summed E-state index contributed by atoms with van der Waals surface area (Å²) < 4.78 is 0. The second kappa shape index (κ2) is 7.98. The summed E-state index contributed by atoms with van der Waals surface area (Å²) in [6, 6.07) is 17.6. The number of hydrogen-bond acceptors (Lipinski definition) is 5. The summed E-state index contributed by atoms with van der Waals surface area (Å²) in [4.78, 5) is 24.6. The van der Waals surface area contributed by atoms with E-state index in [4.69, 9.17) is 0 Å². The van der Waals surface area contributed by atoms with Crippen LogP contribution in [0.3, 0.4) is 0 Å². The maximum atomic E-state index is 12.6. The predicted molar refractivity (Wildman–Crippen MR) is 119 cm³/mol. The summed E-state index contributed by atoms with van der Waals surface area (Å²) in [5, 5.41) is 22.8. The summed E-state index contributed by atoms with van der Waals surface area (Å²) in [6.45, 7) is 5.89. The minimum absolute atomic E-state index is 0.0176. The number of anilines is 1. The van der Waals surface area contributed by atoms with Crippen molar-refractivity contribution in [2.24, 2.45) is 0 Å². The van der Waals surface area contributed by atoms with Gasteiger partial charge in [-0.3, -0.25) is 14.9 Å². The highest BCUT2D eigenvalue weighted by molar-refractivity contribution is 6.05. The number of nitrogens with one attached hydrogen (secondary N) is 1. The molecule has 0 saturated heterocycles. The van der Waals surface area contributed by atoms with Gasteiger partial charge in [0.05, 0.1) is 10.6 Å². The second-order valence-corrected chi connectivity index (χ2v) is 7.65. The minimum Gasteiger partial charge on any atom is -0.322 e. The van der Waals surface area contributed by atoms with Crippen molar-refractivity contribution in [2.45, 2.75) is 26.7 Å². The zero-order valence-corrected chi connectivity index (χ0v) is 17.4. The quantitative estimate of drug-likeness (QED) is 0.364. The third kappa shape index (κ3) is 4.13. The Labute approximate surface area is 178 Å². The molecule has 0 unspecified atom stereocenters. The molecule has 0 spiro atoms. The monoisotopic (exact) mass is 415 g/mol. The topological polar surface area (TPSA) is 103 Å². The highest BCUT2D eigenvalue weighted by Gasteiger charge is 2.14. The Bertz CT molecular complexity index is 1290. The lowest BCUT2D eigenvalue weighted by molar-refractivity contribution is -0.385. The molecule has 3 aromatic carbocycles. The van der Waals surface area contributed by atoms with Crippen LogP contribution in [-0.2, 0) is 0 Å². The van der Waals surface area contributed by atoms with Gasteiger partial charge in [-0.1, -0.05) is 26.0 Å². The SMILES string of the molecule is Cc1cc(C(=O)Nc2ccc3nn(-c4ccc(C(C)C)cc4)nc3c2)ccc1[N+](=O)[O-]. The molecule has 31 heavy (non-hydrogen) atoms. The Morgan fingerprint density at radius 1 is 1.00 bits per heavy atom. The molecule has 0 radical (unpaired) electrons. The minimum atomic E-state index is -0.468. The molecule has 4 aromatic rings. The van der Waals surface area contributed by atoms with E-state index in [2.05, 4.69) is 41.5 Å². The van der Waals surface area contributed by atoms with E-state index in [9.17, 15) is 14.9 Å². The van der Waals surface area contributed by atoms with Crippen LogP contribution in [0, 0.1) is 17.0 Å². The van der Waals surface area contributed by atoms with Gasteiger partial charge in [-0.25, -0.2) is 0 Å². The lowest BCUT2D eigenvalue weighted by Gasteiger charge is -2.06. The number of nitrogens with zero attached hydrogens (tertiary/aromatic N) is 4. The Morgan fingerprint density at radius 2 is 1.71 bits per heavy atom. The summed E-state index contributed by atoms with van der Waals surface area (Å²) >= 11 is 0. The molecule has 1 N–H and O–H groups in total. The van der Waals surface area contributed by atoms with Gasteiger partial charge in [0.15, 0.2) is 0 Å². The van der Waals surface area contributed by atoms with Crippen LogP contribution in [0.4, 0.5) is 11.4 Å².